The molecule has 1 fully saturated rings. The molecule has 34 heavy (non-hydrogen) atoms. The van der Waals surface area contributed by atoms with Crippen molar-refractivity contribution in [3.05, 3.63) is 100 Å². The summed E-state index contributed by atoms with van der Waals surface area (Å²) in [5.74, 6) is -1.67. The first-order valence-electron chi connectivity index (χ1n) is 11.3. The van der Waals surface area contributed by atoms with Crippen LogP contribution >= 0.6 is 0 Å². The summed E-state index contributed by atoms with van der Waals surface area (Å²) in [4.78, 5) is 28.2. The van der Waals surface area contributed by atoms with E-state index < -0.39 is 17.7 Å². The second-order valence-corrected chi connectivity index (χ2v) is 9.83. The number of aromatic hydroxyl groups is 1. The zero-order chi connectivity index (χ0) is 24.8. The number of carbonyl (C=O) groups is 2. The number of phenolic OH excluding ortho intramolecular Hbond substituents is 1. The summed E-state index contributed by atoms with van der Waals surface area (Å²) in [6.07, 6.45) is 0. The van der Waals surface area contributed by atoms with Gasteiger partial charge in [-0.2, -0.15) is 0 Å². The lowest BCUT2D eigenvalue weighted by Gasteiger charge is -2.27. The molecule has 5 nitrogen and oxygen atoms in total. The Hall–Kier alpha value is -3.86. The van der Waals surface area contributed by atoms with Gasteiger partial charge in [0.15, 0.2) is 0 Å². The van der Waals surface area contributed by atoms with Crippen molar-refractivity contribution in [1.82, 2.24) is 0 Å². The molecule has 5 heteroatoms. The molecule has 3 aromatic carbocycles. The zero-order valence-electron chi connectivity index (χ0n) is 20.1. The molecule has 1 aliphatic heterocycles. The van der Waals surface area contributed by atoms with E-state index >= 15 is 0 Å². The zero-order valence-corrected chi connectivity index (χ0v) is 20.1. The number of benzene rings is 3. The molecular weight excluding hydrogens is 426 g/mol. The highest BCUT2D eigenvalue weighted by molar-refractivity contribution is 6.51. The predicted octanol–water partition coefficient (Wildman–Crippen LogP) is 5.93. The summed E-state index contributed by atoms with van der Waals surface area (Å²) < 4.78 is 0. The number of aliphatic hydroxyl groups excluding tert-OH is 1. The van der Waals surface area contributed by atoms with Crippen molar-refractivity contribution in [2.24, 2.45) is 0 Å². The fourth-order valence-electron chi connectivity index (χ4n) is 4.41. The number of hydrogen-bond acceptors (Lipinski definition) is 4. The van der Waals surface area contributed by atoms with Crippen LogP contribution in [0.25, 0.3) is 5.76 Å². The third-order valence-electron chi connectivity index (χ3n) is 6.36. The molecule has 3 aromatic rings. The van der Waals surface area contributed by atoms with Gasteiger partial charge >= 0.3 is 0 Å². The van der Waals surface area contributed by atoms with Gasteiger partial charge in [0.2, 0.25) is 0 Å². The molecule has 174 valence electrons. The van der Waals surface area contributed by atoms with Crippen LogP contribution in [0.15, 0.2) is 72.3 Å². The van der Waals surface area contributed by atoms with Crippen LogP contribution in [0.1, 0.15) is 54.6 Å². The first-order chi connectivity index (χ1) is 16.0. The minimum atomic E-state index is -0.883. The van der Waals surface area contributed by atoms with Crippen LogP contribution in [0.3, 0.4) is 0 Å². The van der Waals surface area contributed by atoms with Crippen LogP contribution in [0.5, 0.6) is 5.75 Å². The lowest BCUT2D eigenvalue weighted by atomic mass is 9.84. The maximum atomic E-state index is 13.4. The molecule has 1 aliphatic rings. The Balaban J connectivity index is 2.01. The average molecular weight is 456 g/mol. The Kier molecular flexibility index (Phi) is 5.82. The van der Waals surface area contributed by atoms with Gasteiger partial charge in [0.1, 0.15) is 11.5 Å². The number of hydrogen-bond donors (Lipinski definition) is 2. The van der Waals surface area contributed by atoms with Crippen LogP contribution in [0, 0.1) is 13.8 Å². The van der Waals surface area contributed by atoms with E-state index in [1.54, 1.807) is 24.3 Å². The van der Waals surface area contributed by atoms with Crippen molar-refractivity contribution < 1.29 is 19.8 Å². The number of amides is 1. The highest BCUT2D eigenvalue weighted by atomic mass is 16.3. The van der Waals surface area contributed by atoms with Gasteiger partial charge < -0.3 is 10.2 Å². The lowest BCUT2D eigenvalue weighted by molar-refractivity contribution is -0.132. The maximum Gasteiger partial charge on any atom is 0.300 e. The molecule has 1 saturated heterocycles. The number of aryl methyl sites for hydroxylation is 2. The van der Waals surface area contributed by atoms with Crippen LogP contribution < -0.4 is 4.90 Å². The SMILES string of the molecule is Cc1ccc(C(C)(C)C)cc1/C(O)=C1\C(=O)C(=O)N(c2ccccc2C)C1c1cccc(O)c1. The summed E-state index contributed by atoms with van der Waals surface area (Å²) in [6, 6.07) is 18.7. The monoisotopic (exact) mass is 455 g/mol. The number of aliphatic hydroxyl groups is 1. The van der Waals surface area contributed by atoms with Gasteiger partial charge in [-0.25, -0.2) is 0 Å². The molecule has 0 bridgehead atoms. The van der Waals surface area contributed by atoms with Gasteiger partial charge in [0.25, 0.3) is 11.7 Å². The predicted molar refractivity (Wildman–Crippen MR) is 134 cm³/mol. The van der Waals surface area contributed by atoms with Crippen molar-refractivity contribution >= 4 is 23.1 Å². The van der Waals surface area contributed by atoms with E-state index in [0.29, 0.717) is 16.8 Å². The Morgan fingerprint density at radius 3 is 2.24 bits per heavy atom. The minimum absolute atomic E-state index is 0.00742. The third-order valence-corrected chi connectivity index (χ3v) is 6.36. The van der Waals surface area contributed by atoms with Crippen molar-refractivity contribution in [3.8, 4) is 5.75 Å². The van der Waals surface area contributed by atoms with Gasteiger partial charge in [0.05, 0.1) is 11.6 Å². The quantitative estimate of drug-likeness (QED) is 0.291. The van der Waals surface area contributed by atoms with Gasteiger partial charge in [-0.15, -0.1) is 0 Å². The second-order valence-electron chi connectivity index (χ2n) is 9.83. The van der Waals surface area contributed by atoms with Crippen molar-refractivity contribution in [1.29, 1.82) is 0 Å². The average Bonchev–Trinajstić information content (AvgIpc) is 3.04. The molecule has 0 saturated carbocycles. The van der Waals surface area contributed by atoms with Crippen LogP contribution in [-0.2, 0) is 15.0 Å². The molecule has 1 amide bonds. The Morgan fingerprint density at radius 2 is 1.59 bits per heavy atom. The van der Waals surface area contributed by atoms with E-state index in [-0.39, 0.29) is 22.5 Å². The molecule has 0 aromatic heterocycles. The summed E-state index contributed by atoms with van der Waals surface area (Å²) in [6.45, 7) is 9.95. The molecule has 1 atom stereocenters. The maximum absolute atomic E-state index is 13.4. The van der Waals surface area contributed by atoms with Gasteiger partial charge in [-0.1, -0.05) is 63.2 Å². The number of phenols is 1. The number of rotatable bonds is 3. The highest BCUT2D eigenvalue weighted by Crippen LogP contribution is 2.44. The Labute approximate surface area is 200 Å². The number of anilines is 1. The molecule has 0 radical (unpaired) electrons. The largest absolute Gasteiger partial charge is 0.508 e. The summed E-state index contributed by atoms with van der Waals surface area (Å²) in [5.41, 5.74) is 4.09. The second kappa shape index (κ2) is 8.49. The van der Waals surface area contributed by atoms with E-state index in [9.17, 15) is 19.8 Å². The van der Waals surface area contributed by atoms with Gasteiger partial charge in [0, 0.05) is 11.3 Å². The van der Waals surface area contributed by atoms with E-state index in [1.807, 2.05) is 44.2 Å². The molecule has 2 N–H and O–H groups in total. The molecular formula is C29H29NO4. The Morgan fingerprint density at radius 1 is 0.882 bits per heavy atom. The summed E-state index contributed by atoms with van der Waals surface area (Å²) in [5, 5.41) is 21.7. The van der Waals surface area contributed by atoms with Crippen LogP contribution in [0.4, 0.5) is 5.69 Å². The lowest BCUT2D eigenvalue weighted by Crippen LogP contribution is -2.30. The molecule has 0 spiro atoms. The fraction of sp³-hybridized carbons (Fsp3) is 0.241. The molecule has 0 aliphatic carbocycles. The van der Waals surface area contributed by atoms with E-state index in [2.05, 4.69) is 20.8 Å². The van der Waals surface area contributed by atoms with E-state index in [4.69, 9.17) is 0 Å². The van der Waals surface area contributed by atoms with Gasteiger partial charge in [-0.3, -0.25) is 14.5 Å². The smallest absolute Gasteiger partial charge is 0.300 e. The highest BCUT2D eigenvalue weighted by Gasteiger charge is 2.47. The number of ketones is 1. The van der Waals surface area contributed by atoms with Crippen LogP contribution in [-0.4, -0.2) is 21.9 Å². The number of para-hydroxylation sites is 1. The molecule has 1 unspecified atom stereocenters. The summed E-state index contributed by atoms with van der Waals surface area (Å²) in [7, 11) is 0. The number of Topliss-reactive ketones (excluding diaryl/α,β-unsaturated/α-hetero) is 1. The normalized spacial score (nSPS) is 17.9. The van der Waals surface area contributed by atoms with Crippen molar-refractivity contribution in [2.45, 2.75) is 46.1 Å². The summed E-state index contributed by atoms with van der Waals surface area (Å²) >= 11 is 0. The topological polar surface area (TPSA) is 77.8 Å². The standard InChI is InChI=1S/C29H29NO4/c1-17-13-14-20(29(3,4)5)16-22(17)26(32)24-25(19-10-8-11-21(31)15-19)30(28(34)27(24)33)23-12-7-6-9-18(23)2/h6-16,25,31-32H,1-5H3/b26-24+. The first kappa shape index (κ1) is 23.3. The third kappa shape index (κ3) is 3.98. The number of nitrogens with zero attached hydrogens (tertiary/aromatic N) is 1. The number of carbonyl (C=O) groups excluding carboxylic acids is 2. The Bertz CT molecular complexity index is 1330. The van der Waals surface area contributed by atoms with E-state index in [0.717, 1.165) is 16.7 Å². The van der Waals surface area contributed by atoms with Crippen molar-refractivity contribution in [3.63, 3.8) is 0 Å². The fourth-order valence-corrected chi connectivity index (χ4v) is 4.41. The van der Waals surface area contributed by atoms with Gasteiger partial charge in [-0.05, 0) is 65.8 Å². The molecule has 4 rings (SSSR count). The van der Waals surface area contributed by atoms with Crippen LogP contribution in [0.2, 0.25) is 0 Å². The van der Waals surface area contributed by atoms with Crippen molar-refractivity contribution in [2.75, 3.05) is 4.90 Å². The molecule has 1 heterocycles. The first-order valence-corrected chi connectivity index (χ1v) is 11.3. The minimum Gasteiger partial charge on any atom is -0.508 e. The van der Waals surface area contributed by atoms with E-state index in [1.165, 1.54) is 17.0 Å².